The van der Waals surface area contributed by atoms with E-state index >= 15 is 0 Å². The van der Waals surface area contributed by atoms with Crippen molar-refractivity contribution in [3.05, 3.63) is 65.2 Å². The van der Waals surface area contributed by atoms with Gasteiger partial charge in [0.2, 0.25) is 5.91 Å². The Labute approximate surface area is 201 Å². The number of hydrogen-bond acceptors (Lipinski definition) is 5. The number of hydrogen-bond donors (Lipinski definition) is 0. The minimum atomic E-state index is -0.681. The predicted molar refractivity (Wildman–Crippen MR) is 129 cm³/mol. The third kappa shape index (κ3) is 7.18. The summed E-state index contributed by atoms with van der Waals surface area (Å²) in [6.07, 6.45) is 2.41. The molecule has 0 radical (unpaired) electrons. The van der Waals surface area contributed by atoms with Crippen LogP contribution in [0.15, 0.2) is 54.6 Å². The zero-order valence-corrected chi connectivity index (χ0v) is 19.8. The maximum atomic E-state index is 13.1. The van der Waals surface area contributed by atoms with Crippen molar-refractivity contribution in [2.75, 3.05) is 59.2 Å². The molecular formula is C26H33ClN2O4. The fourth-order valence-corrected chi connectivity index (χ4v) is 4.58. The molecule has 1 amide bonds. The average molecular weight is 473 g/mol. The SMILES string of the molecule is O=C(C[C@@]1(COc2ccc(Cl)cc2)CN(CCCc2ccccc2)CCO1)N1CCOCC1. The number of morpholine rings is 2. The molecule has 1 atom stereocenters. The normalized spacial score (nSPS) is 21.7. The van der Waals surface area contributed by atoms with Gasteiger partial charge in [0, 0.05) is 31.2 Å². The van der Waals surface area contributed by atoms with E-state index in [4.69, 9.17) is 25.8 Å². The van der Waals surface area contributed by atoms with Crippen LogP contribution in [0.4, 0.5) is 0 Å². The Bertz CT molecular complexity index is 874. The predicted octanol–water partition coefficient (Wildman–Crippen LogP) is 3.67. The van der Waals surface area contributed by atoms with Crippen LogP contribution < -0.4 is 4.74 Å². The van der Waals surface area contributed by atoms with Gasteiger partial charge in [0.05, 0.1) is 26.2 Å². The van der Waals surface area contributed by atoms with Gasteiger partial charge in [-0.25, -0.2) is 0 Å². The van der Waals surface area contributed by atoms with Gasteiger partial charge in [-0.3, -0.25) is 9.69 Å². The molecule has 0 saturated carbocycles. The van der Waals surface area contributed by atoms with E-state index in [1.165, 1.54) is 5.56 Å². The van der Waals surface area contributed by atoms with Crippen LogP contribution in [0.25, 0.3) is 0 Å². The Balaban J connectivity index is 1.39. The molecule has 7 heteroatoms. The first-order valence-electron chi connectivity index (χ1n) is 11.8. The number of carbonyl (C=O) groups excluding carboxylic acids is 1. The molecule has 2 saturated heterocycles. The molecule has 2 aromatic carbocycles. The molecule has 0 unspecified atom stereocenters. The Kier molecular flexibility index (Phi) is 8.62. The van der Waals surface area contributed by atoms with Crippen LogP contribution in [-0.4, -0.2) is 80.5 Å². The fourth-order valence-electron chi connectivity index (χ4n) is 4.46. The van der Waals surface area contributed by atoms with E-state index in [2.05, 4.69) is 29.2 Å². The van der Waals surface area contributed by atoms with Crippen molar-refractivity contribution in [3.8, 4) is 5.75 Å². The summed E-state index contributed by atoms with van der Waals surface area (Å²) >= 11 is 6.01. The molecule has 178 valence electrons. The van der Waals surface area contributed by atoms with Crippen LogP contribution in [0.5, 0.6) is 5.75 Å². The number of halogens is 1. The molecule has 2 fully saturated rings. The summed E-state index contributed by atoms with van der Waals surface area (Å²) in [5.74, 6) is 0.825. The van der Waals surface area contributed by atoms with Gasteiger partial charge in [-0.05, 0) is 49.2 Å². The van der Waals surface area contributed by atoms with Gasteiger partial charge in [-0.1, -0.05) is 41.9 Å². The molecule has 6 nitrogen and oxygen atoms in total. The summed E-state index contributed by atoms with van der Waals surface area (Å²) in [5, 5.41) is 0.665. The molecule has 0 spiro atoms. The lowest BCUT2D eigenvalue weighted by atomic mass is 9.96. The Morgan fingerprint density at radius 1 is 1.00 bits per heavy atom. The van der Waals surface area contributed by atoms with E-state index in [1.807, 2.05) is 23.1 Å². The number of nitrogens with zero attached hydrogens (tertiary/aromatic N) is 2. The quantitative estimate of drug-likeness (QED) is 0.557. The Morgan fingerprint density at radius 3 is 2.52 bits per heavy atom. The molecule has 4 rings (SSSR count). The van der Waals surface area contributed by atoms with Gasteiger partial charge in [-0.15, -0.1) is 0 Å². The maximum Gasteiger partial charge on any atom is 0.225 e. The van der Waals surface area contributed by atoms with Crippen LogP contribution in [0.2, 0.25) is 5.02 Å². The largest absolute Gasteiger partial charge is 0.491 e. The van der Waals surface area contributed by atoms with E-state index in [0.29, 0.717) is 57.5 Å². The minimum absolute atomic E-state index is 0.101. The molecular weight excluding hydrogens is 440 g/mol. The lowest BCUT2D eigenvalue weighted by molar-refractivity contribution is -0.158. The summed E-state index contributed by atoms with van der Waals surface area (Å²) in [7, 11) is 0. The molecule has 2 aliphatic rings. The van der Waals surface area contributed by atoms with Gasteiger partial charge in [0.25, 0.3) is 0 Å². The maximum absolute atomic E-state index is 13.1. The Morgan fingerprint density at radius 2 is 1.76 bits per heavy atom. The number of rotatable bonds is 9. The standard InChI is InChI=1S/C26H33ClN2O4/c27-23-8-10-24(11-9-23)32-21-26(19-25(30)29-14-16-31-17-15-29)20-28(13-18-33-26)12-4-7-22-5-2-1-3-6-22/h1-3,5-6,8-11H,4,7,12-21H2/t26-/m0/s1. The van der Waals surface area contributed by atoms with Crippen molar-refractivity contribution in [2.45, 2.75) is 24.9 Å². The van der Waals surface area contributed by atoms with Crippen LogP contribution in [-0.2, 0) is 20.7 Å². The van der Waals surface area contributed by atoms with Crippen molar-refractivity contribution >= 4 is 17.5 Å². The highest BCUT2D eigenvalue weighted by molar-refractivity contribution is 6.30. The number of benzene rings is 2. The van der Waals surface area contributed by atoms with Crippen molar-refractivity contribution < 1.29 is 19.0 Å². The third-order valence-electron chi connectivity index (χ3n) is 6.26. The number of ether oxygens (including phenoxy) is 3. The smallest absolute Gasteiger partial charge is 0.225 e. The molecule has 0 N–H and O–H groups in total. The van der Waals surface area contributed by atoms with Crippen molar-refractivity contribution in [2.24, 2.45) is 0 Å². The van der Waals surface area contributed by atoms with Gasteiger partial charge < -0.3 is 19.1 Å². The van der Waals surface area contributed by atoms with E-state index in [0.717, 1.165) is 31.7 Å². The second-order valence-corrected chi connectivity index (χ2v) is 9.25. The summed E-state index contributed by atoms with van der Waals surface area (Å²) in [4.78, 5) is 17.4. The monoisotopic (exact) mass is 472 g/mol. The van der Waals surface area contributed by atoms with Crippen LogP contribution in [0.3, 0.4) is 0 Å². The van der Waals surface area contributed by atoms with Gasteiger partial charge >= 0.3 is 0 Å². The third-order valence-corrected chi connectivity index (χ3v) is 6.51. The first-order chi connectivity index (χ1) is 16.1. The highest BCUT2D eigenvalue weighted by Crippen LogP contribution is 2.26. The zero-order chi connectivity index (χ0) is 22.9. The van der Waals surface area contributed by atoms with Crippen molar-refractivity contribution in [1.29, 1.82) is 0 Å². The molecule has 0 bridgehead atoms. The van der Waals surface area contributed by atoms with E-state index in [1.54, 1.807) is 12.1 Å². The average Bonchev–Trinajstić information content (AvgIpc) is 2.85. The minimum Gasteiger partial charge on any atom is -0.491 e. The van der Waals surface area contributed by atoms with Crippen LogP contribution in [0.1, 0.15) is 18.4 Å². The number of carbonyl (C=O) groups is 1. The highest BCUT2D eigenvalue weighted by Gasteiger charge is 2.41. The zero-order valence-electron chi connectivity index (χ0n) is 19.1. The molecule has 2 aromatic rings. The van der Waals surface area contributed by atoms with E-state index in [-0.39, 0.29) is 5.91 Å². The lowest BCUT2D eigenvalue weighted by Crippen LogP contribution is -2.57. The molecule has 33 heavy (non-hydrogen) atoms. The second kappa shape index (κ2) is 11.8. The summed E-state index contributed by atoms with van der Waals surface area (Å²) in [6.45, 7) is 5.85. The van der Waals surface area contributed by atoms with Gasteiger partial charge in [0.15, 0.2) is 0 Å². The molecule has 0 aromatic heterocycles. The van der Waals surface area contributed by atoms with Crippen molar-refractivity contribution in [3.63, 3.8) is 0 Å². The summed E-state index contributed by atoms with van der Waals surface area (Å²) in [5.41, 5.74) is 0.672. The summed E-state index contributed by atoms with van der Waals surface area (Å²) in [6, 6.07) is 17.9. The topological polar surface area (TPSA) is 51.2 Å². The first kappa shape index (κ1) is 24.0. The second-order valence-electron chi connectivity index (χ2n) is 8.81. The van der Waals surface area contributed by atoms with E-state index in [9.17, 15) is 4.79 Å². The lowest BCUT2D eigenvalue weighted by Gasteiger charge is -2.43. The van der Waals surface area contributed by atoms with Crippen LogP contribution in [0, 0.1) is 0 Å². The van der Waals surface area contributed by atoms with Gasteiger partial charge in [0.1, 0.15) is 18.0 Å². The summed E-state index contributed by atoms with van der Waals surface area (Å²) < 4.78 is 17.8. The molecule has 0 aliphatic carbocycles. The number of amides is 1. The van der Waals surface area contributed by atoms with E-state index < -0.39 is 5.60 Å². The first-order valence-corrected chi connectivity index (χ1v) is 12.1. The molecule has 2 heterocycles. The molecule has 2 aliphatic heterocycles. The van der Waals surface area contributed by atoms with Crippen molar-refractivity contribution in [1.82, 2.24) is 9.80 Å². The Hall–Kier alpha value is -2.12. The van der Waals surface area contributed by atoms with Gasteiger partial charge in [-0.2, -0.15) is 0 Å². The fraction of sp³-hybridized carbons (Fsp3) is 0.500. The van der Waals surface area contributed by atoms with Crippen LogP contribution >= 0.6 is 11.6 Å². The highest BCUT2D eigenvalue weighted by atomic mass is 35.5. The number of aryl methyl sites for hydroxylation is 1.